The highest BCUT2D eigenvalue weighted by Crippen LogP contribution is 2.34. The predicted molar refractivity (Wildman–Crippen MR) is 117 cm³/mol. The van der Waals surface area contributed by atoms with Gasteiger partial charge in [-0.05, 0) is 42.6 Å². The second kappa shape index (κ2) is 8.48. The molecule has 1 aliphatic rings. The van der Waals surface area contributed by atoms with Gasteiger partial charge in [-0.2, -0.15) is 0 Å². The van der Waals surface area contributed by atoms with E-state index in [-0.39, 0.29) is 11.7 Å². The van der Waals surface area contributed by atoms with E-state index in [1.807, 2.05) is 36.0 Å². The molecule has 6 heteroatoms. The summed E-state index contributed by atoms with van der Waals surface area (Å²) in [7, 11) is 5.22. The van der Waals surface area contributed by atoms with E-state index in [1.165, 1.54) is 5.56 Å². The van der Waals surface area contributed by atoms with Crippen molar-refractivity contribution in [3.63, 3.8) is 0 Å². The third-order valence-corrected chi connectivity index (χ3v) is 6.27. The van der Waals surface area contributed by atoms with Crippen LogP contribution in [0.1, 0.15) is 29.3 Å². The maximum Gasteiger partial charge on any atom is 0.172 e. The van der Waals surface area contributed by atoms with Crippen LogP contribution in [0.2, 0.25) is 0 Å². The number of carbonyl (C=O) groups is 1. The van der Waals surface area contributed by atoms with Crippen LogP contribution in [0, 0.1) is 11.8 Å². The fourth-order valence-corrected chi connectivity index (χ4v) is 4.40. The minimum absolute atomic E-state index is 0.0725. The van der Waals surface area contributed by atoms with E-state index in [1.54, 1.807) is 20.4 Å². The number of fused-ring (bicyclic) bond motifs is 1. The van der Waals surface area contributed by atoms with Gasteiger partial charge >= 0.3 is 0 Å². The number of aromatic nitrogens is 2. The molecule has 30 heavy (non-hydrogen) atoms. The van der Waals surface area contributed by atoms with Crippen LogP contribution >= 0.6 is 0 Å². The number of hydrogen-bond donors (Lipinski definition) is 0. The third-order valence-electron chi connectivity index (χ3n) is 6.27. The Morgan fingerprint density at radius 1 is 1.17 bits per heavy atom. The number of nitrogens with zero attached hydrogens (tertiary/aromatic N) is 3. The number of pyridine rings is 1. The molecule has 1 fully saturated rings. The van der Waals surface area contributed by atoms with Crippen LogP contribution < -0.4 is 9.47 Å². The Morgan fingerprint density at radius 3 is 2.63 bits per heavy atom. The second-order valence-electron chi connectivity index (χ2n) is 8.19. The van der Waals surface area contributed by atoms with E-state index in [4.69, 9.17) is 9.47 Å². The van der Waals surface area contributed by atoms with Gasteiger partial charge in [0.1, 0.15) is 17.1 Å². The number of aryl methyl sites for hydroxylation is 1. The molecule has 1 aromatic carbocycles. The highest BCUT2D eigenvalue weighted by molar-refractivity contribution is 6.10. The van der Waals surface area contributed by atoms with E-state index in [9.17, 15) is 4.79 Å². The lowest BCUT2D eigenvalue weighted by Crippen LogP contribution is -2.42. The molecule has 4 rings (SSSR count). The fraction of sp³-hybridized carbons (Fsp3) is 0.417. The van der Waals surface area contributed by atoms with Crippen molar-refractivity contribution in [1.82, 2.24) is 14.5 Å². The van der Waals surface area contributed by atoms with Gasteiger partial charge in [-0.1, -0.05) is 19.1 Å². The number of ether oxygens (including phenoxy) is 2. The van der Waals surface area contributed by atoms with Crippen LogP contribution in [0.3, 0.4) is 0 Å². The Morgan fingerprint density at radius 2 is 1.93 bits per heavy atom. The van der Waals surface area contributed by atoms with Gasteiger partial charge in [0.05, 0.1) is 26.0 Å². The molecule has 0 N–H and O–H groups in total. The molecule has 6 nitrogen and oxygen atoms in total. The first-order chi connectivity index (χ1) is 14.5. The van der Waals surface area contributed by atoms with Crippen LogP contribution in [0.25, 0.3) is 11.0 Å². The van der Waals surface area contributed by atoms with Gasteiger partial charge in [0.15, 0.2) is 5.78 Å². The van der Waals surface area contributed by atoms with Crippen molar-refractivity contribution in [3.05, 3.63) is 53.9 Å². The molecule has 1 aliphatic heterocycles. The van der Waals surface area contributed by atoms with Crippen molar-refractivity contribution in [2.75, 3.05) is 27.3 Å². The van der Waals surface area contributed by atoms with Gasteiger partial charge < -0.3 is 14.0 Å². The Bertz CT molecular complexity index is 1040. The maximum atomic E-state index is 13.7. The van der Waals surface area contributed by atoms with Crippen molar-refractivity contribution in [2.24, 2.45) is 18.9 Å². The second-order valence-corrected chi connectivity index (χ2v) is 8.19. The van der Waals surface area contributed by atoms with Crippen LogP contribution in [-0.4, -0.2) is 47.5 Å². The fourth-order valence-electron chi connectivity index (χ4n) is 4.40. The van der Waals surface area contributed by atoms with E-state index in [0.29, 0.717) is 17.2 Å². The van der Waals surface area contributed by atoms with E-state index < -0.39 is 0 Å². The Kier molecular flexibility index (Phi) is 5.77. The van der Waals surface area contributed by atoms with E-state index >= 15 is 0 Å². The van der Waals surface area contributed by atoms with Gasteiger partial charge in [-0.3, -0.25) is 9.69 Å². The minimum atomic E-state index is -0.0725. The van der Waals surface area contributed by atoms with E-state index in [0.717, 1.165) is 42.8 Å². The number of benzene rings is 1. The Hall–Kier alpha value is -2.86. The molecule has 0 saturated carbocycles. The van der Waals surface area contributed by atoms with Crippen molar-refractivity contribution in [3.8, 4) is 11.5 Å². The molecule has 3 aromatic rings. The Labute approximate surface area is 177 Å². The lowest BCUT2D eigenvalue weighted by Gasteiger charge is -2.36. The number of piperidine rings is 1. The summed E-state index contributed by atoms with van der Waals surface area (Å²) in [6.07, 6.45) is 4.60. The average molecular weight is 408 g/mol. The molecule has 158 valence electrons. The lowest BCUT2D eigenvalue weighted by molar-refractivity contribution is 0.0704. The van der Waals surface area contributed by atoms with Crippen molar-refractivity contribution < 1.29 is 14.3 Å². The largest absolute Gasteiger partial charge is 0.497 e. The number of rotatable bonds is 6. The molecule has 0 bridgehead atoms. The summed E-state index contributed by atoms with van der Waals surface area (Å²) in [4.78, 5) is 20.6. The van der Waals surface area contributed by atoms with Gasteiger partial charge in [0, 0.05) is 37.6 Å². The van der Waals surface area contributed by atoms with Crippen LogP contribution in [0.5, 0.6) is 11.5 Å². The summed E-state index contributed by atoms with van der Waals surface area (Å²) in [6.45, 7) is 4.74. The van der Waals surface area contributed by atoms with Gasteiger partial charge in [-0.15, -0.1) is 0 Å². The number of carbonyl (C=O) groups excluding carboxylic acids is 1. The molecule has 0 radical (unpaired) electrons. The maximum absolute atomic E-state index is 13.7. The zero-order chi connectivity index (χ0) is 21.3. The average Bonchev–Trinajstić information content (AvgIpc) is 3.15. The SMILES string of the molecule is COc1ccc(CN2CCC(C)C(C(=O)c3c(OC)cnc4c3ccn4C)C2)cc1. The van der Waals surface area contributed by atoms with Crippen LogP contribution in [0.15, 0.2) is 42.7 Å². The molecule has 0 spiro atoms. The molecule has 2 aromatic heterocycles. The normalized spacial score (nSPS) is 19.7. The van der Waals surface area contributed by atoms with Crippen molar-refractivity contribution >= 4 is 16.8 Å². The minimum Gasteiger partial charge on any atom is -0.497 e. The highest BCUT2D eigenvalue weighted by Gasteiger charge is 2.34. The number of methoxy groups -OCH3 is 2. The molecule has 0 amide bonds. The molecule has 2 unspecified atom stereocenters. The molecule has 3 heterocycles. The first-order valence-electron chi connectivity index (χ1n) is 10.4. The standard InChI is InChI=1S/C24H29N3O3/c1-16-9-12-27(14-17-5-7-18(29-3)8-6-17)15-20(16)23(28)22-19-10-11-26(2)24(19)25-13-21(22)30-4/h5-8,10-11,13,16,20H,9,12,14-15H2,1-4H3. The van der Waals surface area contributed by atoms with Crippen molar-refractivity contribution in [2.45, 2.75) is 19.9 Å². The van der Waals surface area contributed by atoms with E-state index in [2.05, 4.69) is 28.9 Å². The number of hydrogen-bond acceptors (Lipinski definition) is 5. The number of likely N-dealkylation sites (tertiary alicyclic amines) is 1. The molecular formula is C24H29N3O3. The quantitative estimate of drug-likeness (QED) is 0.580. The molecule has 1 saturated heterocycles. The number of ketones is 1. The first kappa shape index (κ1) is 20.4. The van der Waals surface area contributed by atoms with Crippen molar-refractivity contribution in [1.29, 1.82) is 0 Å². The molecule has 0 aliphatic carbocycles. The lowest BCUT2D eigenvalue weighted by atomic mass is 9.81. The highest BCUT2D eigenvalue weighted by atomic mass is 16.5. The summed E-state index contributed by atoms with van der Waals surface area (Å²) < 4.78 is 12.7. The zero-order valence-corrected chi connectivity index (χ0v) is 18.1. The monoisotopic (exact) mass is 407 g/mol. The smallest absolute Gasteiger partial charge is 0.172 e. The topological polar surface area (TPSA) is 56.6 Å². The number of Topliss-reactive ketones (excluding diaryl/α,β-unsaturated/α-hetero) is 1. The van der Waals surface area contributed by atoms with Crippen LogP contribution in [-0.2, 0) is 13.6 Å². The zero-order valence-electron chi connectivity index (χ0n) is 18.1. The molecular weight excluding hydrogens is 378 g/mol. The third kappa shape index (κ3) is 3.79. The van der Waals surface area contributed by atoms with Gasteiger partial charge in [0.2, 0.25) is 0 Å². The summed E-state index contributed by atoms with van der Waals surface area (Å²) in [5.41, 5.74) is 2.69. The van der Waals surface area contributed by atoms with Gasteiger partial charge in [0.25, 0.3) is 0 Å². The summed E-state index contributed by atoms with van der Waals surface area (Å²) >= 11 is 0. The van der Waals surface area contributed by atoms with Crippen LogP contribution in [0.4, 0.5) is 0 Å². The summed E-state index contributed by atoms with van der Waals surface area (Å²) in [5, 5.41) is 0.862. The summed E-state index contributed by atoms with van der Waals surface area (Å²) in [5.74, 6) is 1.81. The Balaban J connectivity index is 1.59. The van der Waals surface area contributed by atoms with Gasteiger partial charge in [-0.25, -0.2) is 4.98 Å². The predicted octanol–water partition coefficient (Wildman–Crippen LogP) is 3.93. The first-order valence-corrected chi connectivity index (χ1v) is 10.4. The molecule has 2 atom stereocenters. The summed E-state index contributed by atoms with van der Waals surface area (Å²) in [6, 6.07) is 10.1.